The molecule has 0 spiro atoms. The fourth-order valence-electron chi connectivity index (χ4n) is 0.621. The Morgan fingerprint density at radius 3 is 2.44 bits per heavy atom. The number of pyridine rings is 1. The van der Waals surface area contributed by atoms with Gasteiger partial charge in [-0.25, -0.2) is 4.57 Å². The van der Waals surface area contributed by atoms with E-state index in [1.54, 1.807) is 0 Å². The lowest BCUT2D eigenvalue weighted by molar-refractivity contribution is -0.671. The molecule has 0 aliphatic carbocycles. The summed E-state index contributed by atoms with van der Waals surface area (Å²) in [4.78, 5) is 0. The summed E-state index contributed by atoms with van der Waals surface area (Å²) in [5.74, 6) is 0. The van der Waals surface area contributed by atoms with Crippen LogP contribution in [0.15, 0.2) is 24.5 Å². The Morgan fingerprint density at radius 2 is 2.00 bits per heavy atom. The number of hydrogen-bond donors (Lipinski definition) is 0. The highest BCUT2D eigenvalue weighted by Crippen LogP contribution is 2.00. The summed E-state index contributed by atoms with van der Waals surface area (Å²) in [7, 11) is 2.01. The zero-order chi connectivity index (χ0) is 6.69. The highest BCUT2D eigenvalue weighted by Gasteiger charge is 1.90. The van der Waals surface area contributed by atoms with Gasteiger partial charge in [-0.1, -0.05) is 15.9 Å². The van der Waals surface area contributed by atoms with Gasteiger partial charge < -0.3 is 0 Å². The smallest absolute Gasteiger partial charge is 0.168 e. The molecule has 9 heavy (non-hydrogen) atoms. The van der Waals surface area contributed by atoms with E-state index in [2.05, 4.69) is 28.1 Å². The van der Waals surface area contributed by atoms with Crippen LogP contribution in [0.4, 0.5) is 0 Å². The van der Waals surface area contributed by atoms with Crippen LogP contribution in [0.2, 0.25) is 0 Å². The molecule has 0 unspecified atom stereocenters. The van der Waals surface area contributed by atoms with Gasteiger partial charge in [0.05, 0.1) is 0 Å². The maximum Gasteiger partial charge on any atom is 0.168 e. The number of aryl methyl sites for hydroxylation is 1. The molecule has 1 heterocycles. The summed E-state index contributed by atoms with van der Waals surface area (Å²) >= 11 is 3.37. The van der Waals surface area contributed by atoms with Crippen molar-refractivity contribution in [2.45, 2.75) is 5.33 Å². The number of alkyl halides is 1. The number of hydrogen-bond acceptors (Lipinski definition) is 0. The standard InChI is InChI=1S/C7H9BrN/c1-9-4-2-7(6-8)3-5-9/h2-5H,6H2,1H3/q+1. The molecule has 0 fully saturated rings. The Bertz CT molecular complexity index is 181. The fraction of sp³-hybridized carbons (Fsp3) is 0.286. The normalized spacial score (nSPS) is 9.56. The van der Waals surface area contributed by atoms with Crippen LogP contribution in [-0.4, -0.2) is 0 Å². The summed E-state index contributed by atoms with van der Waals surface area (Å²) in [5, 5.41) is 0.938. The first-order valence-electron chi connectivity index (χ1n) is 2.83. The van der Waals surface area contributed by atoms with E-state index in [9.17, 15) is 0 Å². The van der Waals surface area contributed by atoms with Gasteiger partial charge in [0.2, 0.25) is 0 Å². The van der Waals surface area contributed by atoms with Crippen molar-refractivity contribution >= 4 is 15.9 Å². The molecule has 0 N–H and O–H groups in total. The lowest BCUT2D eigenvalue weighted by Gasteiger charge is -1.89. The zero-order valence-corrected chi connectivity index (χ0v) is 6.93. The Kier molecular flexibility index (Phi) is 2.22. The van der Waals surface area contributed by atoms with Crippen LogP contribution in [0.1, 0.15) is 5.56 Å². The van der Waals surface area contributed by atoms with E-state index in [1.165, 1.54) is 5.56 Å². The highest BCUT2D eigenvalue weighted by molar-refractivity contribution is 9.08. The first-order chi connectivity index (χ1) is 4.33. The molecule has 2 heteroatoms. The quantitative estimate of drug-likeness (QED) is 0.462. The predicted octanol–water partition coefficient (Wildman–Crippen LogP) is 1.41. The molecule has 48 valence electrons. The number of aromatic nitrogens is 1. The number of rotatable bonds is 1. The second-order valence-electron chi connectivity index (χ2n) is 2.01. The van der Waals surface area contributed by atoms with Crippen molar-refractivity contribution < 1.29 is 4.57 Å². The lowest BCUT2D eigenvalue weighted by Crippen LogP contribution is -2.25. The minimum atomic E-state index is 0.938. The van der Waals surface area contributed by atoms with Gasteiger partial charge in [-0.2, -0.15) is 0 Å². The monoisotopic (exact) mass is 186 g/mol. The molecular weight excluding hydrogens is 178 g/mol. The van der Waals surface area contributed by atoms with E-state index >= 15 is 0 Å². The third kappa shape index (κ3) is 1.79. The van der Waals surface area contributed by atoms with E-state index in [0.29, 0.717) is 0 Å². The van der Waals surface area contributed by atoms with Gasteiger partial charge >= 0.3 is 0 Å². The van der Waals surface area contributed by atoms with E-state index < -0.39 is 0 Å². The third-order valence-electron chi connectivity index (χ3n) is 1.20. The van der Waals surface area contributed by atoms with Gasteiger partial charge in [-0.05, 0) is 5.56 Å². The number of halogens is 1. The summed E-state index contributed by atoms with van der Waals surface area (Å²) in [6.45, 7) is 0. The zero-order valence-electron chi connectivity index (χ0n) is 5.34. The molecule has 1 aromatic rings. The lowest BCUT2D eigenvalue weighted by atomic mass is 10.3. The van der Waals surface area contributed by atoms with E-state index in [-0.39, 0.29) is 0 Å². The molecule has 0 aromatic carbocycles. The van der Waals surface area contributed by atoms with Gasteiger partial charge in [0.15, 0.2) is 12.4 Å². The Balaban J connectivity index is 2.88. The van der Waals surface area contributed by atoms with E-state index in [0.717, 1.165) is 5.33 Å². The summed E-state index contributed by atoms with van der Waals surface area (Å²) in [6.07, 6.45) is 4.08. The molecule has 0 atom stereocenters. The van der Waals surface area contributed by atoms with Crippen LogP contribution in [0.5, 0.6) is 0 Å². The molecule has 0 radical (unpaired) electrons. The van der Waals surface area contributed by atoms with Crippen LogP contribution in [-0.2, 0) is 12.4 Å². The van der Waals surface area contributed by atoms with Crippen molar-refractivity contribution in [1.82, 2.24) is 0 Å². The van der Waals surface area contributed by atoms with Crippen LogP contribution < -0.4 is 4.57 Å². The predicted molar refractivity (Wildman–Crippen MR) is 40.2 cm³/mol. The van der Waals surface area contributed by atoms with Crippen molar-refractivity contribution in [1.29, 1.82) is 0 Å². The Morgan fingerprint density at radius 1 is 1.44 bits per heavy atom. The van der Waals surface area contributed by atoms with Gasteiger partial charge in [0, 0.05) is 17.5 Å². The summed E-state index contributed by atoms with van der Waals surface area (Å²) < 4.78 is 2.02. The van der Waals surface area contributed by atoms with Crippen LogP contribution in [0.3, 0.4) is 0 Å². The highest BCUT2D eigenvalue weighted by atomic mass is 79.9. The second kappa shape index (κ2) is 2.97. The minimum absolute atomic E-state index is 0.938. The van der Waals surface area contributed by atoms with Gasteiger partial charge in [-0.3, -0.25) is 0 Å². The van der Waals surface area contributed by atoms with Crippen molar-refractivity contribution in [3.05, 3.63) is 30.1 Å². The van der Waals surface area contributed by atoms with Crippen molar-refractivity contribution in [2.24, 2.45) is 7.05 Å². The van der Waals surface area contributed by atoms with Crippen molar-refractivity contribution in [3.63, 3.8) is 0 Å². The molecular formula is C7H9BrN+. The Hall–Kier alpha value is -0.370. The van der Waals surface area contributed by atoms with Gasteiger partial charge in [0.1, 0.15) is 7.05 Å². The van der Waals surface area contributed by atoms with Gasteiger partial charge in [-0.15, -0.1) is 0 Å². The molecule has 0 aliphatic heterocycles. The van der Waals surface area contributed by atoms with Crippen molar-refractivity contribution in [3.8, 4) is 0 Å². The molecule has 1 nitrogen and oxygen atoms in total. The maximum atomic E-state index is 3.37. The summed E-state index contributed by atoms with van der Waals surface area (Å²) in [5.41, 5.74) is 1.31. The van der Waals surface area contributed by atoms with Gasteiger partial charge in [0.25, 0.3) is 0 Å². The number of nitrogens with zero attached hydrogens (tertiary/aromatic N) is 1. The molecule has 0 amide bonds. The van der Waals surface area contributed by atoms with Crippen molar-refractivity contribution in [2.75, 3.05) is 0 Å². The van der Waals surface area contributed by atoms with E-state index in [4.69, 9.17) is 0 Å². The molecule has 0 bridgehead atoms. The third-order valence-corrected chi connectivity index (χ3v) is 1.85. The largest absolute Gasteiger partial charge is 0.208 e. The molecule has 1 aromatic heterocycles. The minimum Gasteiger partial charge on any atom is -0.208 e. The first kappa shape index (κ1) is 6.75. The SMILES string of the molecule is C[n+]1ccc(CBr)cc1. The average Bonchev–Trinajstić information content (AvgIpc) is 1.90. The van der Waals surface area contributed by atoms with Crippen LogP contribution >= 0.6 is 15.9 Å². The summed E-state index contributed by atoms with van der Waals surface area (Å²) in [6, 6.07) is 4.18. The average molecular weight is 187 g/mol. The Labute approximate surface area is 63.5 Å². The molecule has 0 saturated carbocycles. The topological polar surface area (TPSA) is 3.88 Å². The van der Waals surface area contributed by atoms with E-state index in [1.807, 2.05) is 24.0 Å². The molecule has 0 saturated heterocycles. The molecule has 0 aliphatic rings. The maximum absolute atomic E-state index is 3.37. The molecule has 1 rings (SSSR count). The first-order valence-corrected chi connectivity index (χ1v) is 3.95. The fourth-order valence-corrected chi connectivity index (χ4v) is 0.995. The van der Waals surface area contributed by atoms with Crippen LogP contribution in [0.25, 0.3) is 0 Å². The van der Waals surface area contributed by atoms with Crippen LogP contribution in [0, 0.1) is 0 Å². The second-order valence-corrected chi connectivity index (χ2v) is 2.57.